The summed E-state index contributed by atoms with van der Waals surface area (Å²) in [5.74, 6) is 0.898. The predicted octanol–water partition coefficient (Wildman–Crippen LogP) is 1.92. The molecule has 102 valence electrons. The fraction of sp³-hybridized carbons (Fsp3) is 0.929. The van der Waals surface area contributed by atoms with Crippen LogP contribution in [0.4, 0.5) is 0 Å². The zero-order valence-electron chi connectivity index (χ0n) is 11.2. The van der Waals surface area contributed by atoms with E-state index in [1.165, 1.54) is 38.5 Å². The highest BCUT2D eigenvalue weighted by Gasteiger charge is 2.42. The van der Waals surface area contributed by atoms with Gasteiger partial charge in [0.05, 0.1) is 0 Å². The minimum Gasteiger partial charge on any atom is -0.355 e. The highest BCUT2D eigenvalue weighted by Crippen LogP contribution is 2.46. The molecule has 4 heteroatoms. The average molecular weight is 268 g/mol. The molecule has 0 aromatic carbocycles. The lowest BCUT2D eigenvalue weighted by molar-refractivity contribution is -0.122. The number of hydrogen-bond donors (Lipinski definition) is 2. The Kier molecular flexibility index (Phi) is 3.59. The van der Waals surface area contributed by atoms with E-state index < -0.39 is 0 Å². The third kappa shape index (κ3) is 2.85. The first-order valence-corrected chi connectivity index (χ1v) is 8.49. The summed E-state index contributed by atoms with van der Waals surface area (Å²) in [6, 6.07) is 1.39. The Morgan fingerprint density at radius 2 is 2.00 bits per heavy atom. The minimum atomic E-state index is 0.279. The van der Waals surface area contributed by atoms with Gasteiger partial charge < -0.3 is 10.6 Å². The van der Waals surface area contributed by atoms with E-state index >= 15 is 0 Å². The summed E-state index contributed by atoms with van der Waals surface area (Å²) in [6.45, 7) is 0.880. The van der Waals surface area contributed by atoms with Gasteiger partial charge in [0.2, 0.25) is 5.91 Å². The van der Waals surface area contributed by atoms with E-state index in [1.807, 2.05) is 11.8 Å². The van der Waals surface area contributed by atoms with Crippen LogP contribution < -0.4 is 10.6 Å². The molecule has 1 saturated carbocycles. The zero-order chi connectivity index (χ0) is 12.6. The van der Waals surface area contributed by atoms with Gasteiger partial charge in [-0.3, -0.25) is 4.79 Å². The smallest absolute Gasteiger partial charge is 0.220 e. The van der Waals surface area contributed by atoms with Gasteiger partial charge >= 0.3 is 0 Å². The number of thioether (sulfide) groups is 1. The van der Waals surface area contributed by atoms with Crippen LogP contribution in [0.1, 0.15) is 44.9 Å². The van der Waals surface area contributed by atoms with Crippen molar-refractivity contribution in [3.05, 3.63) is 0 Å². The third-order valence-electron chi connectivity index (χ3n) is 4.89. The lowest BCUT2D eigenvalue weighted by Gasteiger charge is -2.28. The van der Waals surface area contributed by atoms with Crippen molar-refractivity contribution in [2.24, 2.45) is 5.92 Å². The summed E-state index contributed by atoms with van der Waals surface area (Å²) in [6.07, 6.45) is 10.5. The van der Waals surface area contributed by atoms with Crippen LogP contribution in [0.15, 0.2) is 0 Å². The Morgan fingerprint density at radius 3 is 2.56 bits per heavy atom. The summed E-state index contributed by atoms with van der Waals surface area (Å²) < 4.78 is 0.392. The minimum absolute atomic E-state index is 0.279. The van der Waals surface area contributed by atoms with E-state index in [4.69, 9.17) is 0 Å². The zero-order valence-corrected chi connectivity index (χ0v) is 12.0. The Morgan fingerprint density at radius 1 is 1.33 bits per heavy atom. The fourth-order valence-corrected chi connectivity index (χ4v) is 4.26. The van der Waals surface area contributed by atoms with Gasteiger partial charge in [-0.25, -0.2) is 0 Å². The fourth-order valence-electron chi connectivity index (χ4n) is 3.53. The van der Waals surface area contributed by atoms with Crippen LogP contribution in [-0.4, -0.2) is 35.5 Å². The number of hydrogen-bond acceptors (Lipinski definition) is 3. The van der Waals surface area contributed by atoms with Gasteiger partial charge in [0.1, 0.15) is 0 Å². The summed E-state index contributed by atoms with van der Waals surface area (Å²) in [5.41, 5.74) is 0. The molecule has 2 saturated heterocycles. The molecule has 0 aromatic heterocycles. The largest absolute Gasteiger partial charge is 0.355 e. The Balaban J connectivity index is 1.41. The molecule has 2 unspecified atom stereocenters. The molecule has 0 aromatic rings. The van der Waals surface area contributed by atoms with Crippen LogP contribution in [0.25, 0.3) is 0 Å². The molecule has 3 fully saturated rings. The van der Waals surface area contributed by atoms with E-state index in [2.05, 4.69) is 16.9 Å². The summed E-state index contributed by atoms with van der Waals surface area (Å²) in [5, 5.41) is 6.79. The van der Waals surface area contributed by atoms with E-state index in [0.29, 0.717) is 22.7 Å². The molecule has 3 rings (SSSR count). The number of carbonyl (C=O) groups excluding carboxylic acids is 1. The number of amides is 1. The van der Waals surface area contributed by atoms with Crippen LogP contribution in [0.2, 0.25) is 0 Å². The van der Waals surface area contributed by atoms with Crippen LogP contribution in [-0.2, 0) is 4.79 Å². The van der Waals surface area contributed by atoms with Crippen molar-refractivity contribution in [2.75, 3.05) is 12.8 Å². The van der Waals surface area contributed by atoms with Crippen LogP contribution in [0.3, 0.4) is 0 Å². The highest BCUT2D eigenvalue weighted by molar-refractivity contribution is 8.00. The number of carbonyl (C=O) groups is 1. The molecule has 2 heterocycles. The lowest BCUT2D eigenvalue weighted by atomic mass is 9.89. The average Bonchev–Trinajstić information content (AvgIpc) is 3.07. The number of nitrogens with one attached hydrogen (secondary N) is 2. The van der Waals surface area contributed by atoms with Crippen LogP contribution in [0, 0.1) is 5.92 Å². The second kappa shape index (κ2) is 5.04. The molecule has 3 aliphatic rings. The monoisotopic (exact) mass is 268 g/mol. The van der Waals surface area contributed by atoms with Crippen molar-refractivity contribution in [1.82, 2.24) is 10.6 Å². The molecule has 1 aliphatic carbocycles. The molecular formula is C14H24N2OS. The molecule has 18 heavy (non-hydrogen) atoms. The molecule has 2 aliphatic heterocycles. The molecule has 2 atom stereocenters. The second-order valence-electron chi connectivity index (χ2n) is 6.34. The van der Waals surface area contributed by atoms with E-state index in [9.17, 15) is 4.79 Å². The van der Waals surface area contributed by atoms with Crippen molar-refractivity contribution < 1.29 is 4.79 Å². The van der Waals surface area contributed by atoms with Crippen molar-refractivity contribution in [3.63, 3.8) is 0 Å². The first kappa shape index (κ1) is 12.8. The molecule has 1 amide bonds. The highest BCUT2D eigenvalue weighted by atomic mass is 32.2. The Hall–Kier alpha value is -0.220. The predicted molar refractivity (Wildman–Crippen MR) is 75.8 cm³/mol. The third-order valence-corrected chi connectivity index (χ3v) is 6.31. The van der Waals surface area contributed by atoms with Crippen molar-refractivity contribution in [3.8, 4) is 0 Å². The normalized spacial score (nSPS) is 36.4. The summed E-state index contributed by atoms with van der Waals surface area (Å²) in [7, 11) is 0. The molecule has 2 N–H and O–H groups in total. The summed E-state index contributed by atoms with van der Waals surface area (Å²) >= 11 is 1.91. The van der Waals surface area contributed by atoms with E-state index in [0.717, 1.165) is 13.0 Å². The molecular weight excluding hydrogens is 244 g/mol. The summed E-state index contributed by atoms with van der Waals surface area (Å²) in [4.78, 5) is 12.0. The van der Waals surface area contributed by atoms with Gasteiger partial charge in [-0.05, 0) is 50.7 Å². The first-order chi connectivity index (χ1) is 8.69. The van der Waals surface area contributed by atoms with Crippen molar-refractivity contribution in [1.29, 1.82) is 0 Å². The number of rotatable bonds is 5. The van der Waals surface area contributed by atoms with Gasteiger partial charge in [0.25, 0.3) is 0 Å². The van der Waals surface area contributed by atoms with E-state index in [-0.39, 0.29) is 5.91 Å². The van der Waals surface area contributed by atoms with Gasteiger partial charge in [-0.1, -0.05) is 0 Å². The quantitative estimate of drug-likeness (QED) is 0.800. The SMILES string of the molecule is CSC1(CNC(=O)CC2CC3CCC(C2)N3)CC1. The Labute approximate surface area is 114 Å². The van der Waals surface area contributed by atoms with Crippen LogP contribution in [0.5, 0.6) is 0 Å². The topological polar surface area (TPSA) is 41.1 Å². The lowest BCUT2D eigenvalue weighted by Crippen LogP contribution is -2.40. The van der Waals surface area contributed by atoms with Gasteiger partial charge in [0.15, 0.2) is 0 Å². The number of fused-ring (bicyclic) bond motifs is 2. The Bertz CT molecular complexity index is 318. The first-order valence-electron chi connectivity index (χ1n) is 7.27. The van der Waals surface area contributed by atoms with Gasteiger partial charge in [-0.15, -0.1) is 0 Å². The number of piperidine rings is 1. The van der Waals surface area contributed by atoms with E-state index in [1.54, 1.807) is 0 Å². The maximum Gasteiger partial charge on any atom is 0.220 e. The van der Waals surface area contributed by atoms with Crippen LogP contribution >= 0.6 is 11.8 Å². The molecule has 0 spiro atoms. The van der Waals surface area contributed by atoms with Gasteiger partial charge in [-0.2, -0.15) is 11.8 Å². The maximum absolute atomic E-state index is 12.0. The van der Waals surface area contributed by atoms with Gasteiger partial charge in [0, 0.05) is 29.8 Å². The standard InChI is InChI=1S/C14H24N2OS/c1-18-14(4-5-14)9-15-13(17)8-10-6-11-2-3-12(7-10)16-11/h10-12,16H,2-9H2,1H3,(H,15,17). The van der Waals surface area contributed by atoms with Crippen molar-refractivity contribution >= 4 is 17.7 Å². The molecule has 3 nitrogen and oxygen atoms in total. The second-order valence-corrected chi connectivity index (χ2v) is 7.62. The van der Waals surface area contributed by atoms with Crippen molar-refractivity contribution in [2.45, 2.75) is 61.8 Å². The maximum atomic E-state index is 12.0. The molecule has 2 bridgehead atoms. The molecule has 0 radical (unpaired) electrons.